The number of likely N-dealkylation sites (tertiary alicyclic amines) is 2. The number of methoxy groups -OCH3 is 1. The average Bonchev–Trinajstić information content (AvgIpc) is 4.00. The van der Waals surface area contributed by atoms with Crippen LogP contribution in [0.25, 0.3) is 33.4 Å². The Balaban J connectivity index is 1.09. The molecule has 14 heteroatoms. The Morgan fingerprint density at radius 1 is 0.945 bits per heavy atom. The van der Waals surface area contributed by atoms with Gasteiger partial charge in [-0.3, -0.25) is 9.80 Å². The number of fused-ring (bicyclic) bond motifs is 2. The monoisotopic (exact) mass is 784 g/mol. The molecule has 2 N–H and O–H groups in total. The summed E-state index contributed by atoms with van der Waals surface area (Å²) in [4.78, 5) is 14.3. The lowest BCUT2D eigenvalue weighted by molar-refractivity contribution is 0.173. The summed E-state index contributed by atoms with van der Waals surface area (Å²) in [5, 5.41) is 36.0. The molecule has 2 aliphatic heterocycles. The maximum absolute atomic E-state index is 10.1. The normalized spacial score (nSPS) is 20.3. The number of hydrogen-bond acceptors (Lipinski definition) is 11. The molecule has 3 aromatic heterocycles. The molecule has 8 rings (SSSR count). The first-order valence-electron chi connectivity index (χ1n) is 18.5. The molecule has 5 aromatic rings. The minimum atomic E-state index is -0.324. The minimum absolute atomic E-state index is 0.281. The largest absolute Gasteiger partial charge is 0.481 e. The van der Waals surface area contributed by atoms with Crippen molar-refractivity contribution >= 4 is 34.2 Å². The highest BCUT2D eigenvalue weighted by atomic mass is 35.5. The molecule has 3 atom stereocenters. The molecule has 2 aromatic carbocycles. The number of ether oxygens (including phenoxy) is 2. The van der Waals surface area contributed by atoms with Crippen LogP contribution in [0.2, 0.25) is 10.0 Å². The van der Waals surface area contributed by atoms with Crippen LogP contribution < -0.4 is 15.0 Å². The SMILES string of the molecule is CO/N=c1/c2cc(-c3cccc(-c4cccc5c4CC[C@@H]5Oc4nc(OC)c(CN5CC[C@@H](O)C5)cc4Cl)c3Cl)oc2c(C#N)cn1CCN1CC[C@@H](O)C1. The second-order valence-corrected chi connectivity index (χ2v) is 15.1. The molecular weight excluding hydrogens is 743 g/mol. The van der Waals surface area contributed by atoms with Gasteiger partial charge >= 0.3 is 0 Å². The second kappa shape index (κ2) is 15.9. The summed E-state index contributed by atoms with van der Waals surface area (Å²) >= 11 is 14.0. The Bertz CT molecular complexity index is 2350. The van der Waals surface area contributed by atoms with E-state index in [0.717, 1.165) is 66.6 Å². The van der Waals surface area contributed by atoms with E-state index in [-0.39, 0.29) is 18.3 Å². The lowest BCUT2D eigenvalue weighted by atomic mass is 9.95. The predicted octanol–water partition coefficient (Wildman–Crippen LogP) is 6.31. The van der Waals surface area contributed by atoms with Gasteiger partial charge in [-0.1, -0.05) is 58.7 Å². The van der Waals surface area contributed by atoms with E-state index in [1.165, 1.54) is 7.11 Å². The van der Waals surface area contributed by atoms with Crippen LogP contribution in [0.15, 0.2) is 64.3 Å². The van der Waals surface area contributed by atoms with Crippen molar-refractivity contribution in [2.24, 2.45) is 5.16 Å². The number of pyridine rings is 2. The fraction of sp³-hybridized carbons (Fsp3) is 0.390. The summed E-state index contributed by atoms with van der Waals surface area (Å²) in [6, 6.07) is 18.0. The zero-order chi connectivity index (χ0) is 38.2. The van der Waals surface area contributed by atoms with Crippen molar-refractivity contribution in [3.05, 3.63) is 92.5 Å². The fourth-order valence-corrected chi connectivity index (χ4v) is 8.68. The molecule has 2 saturated heterocycles. The van der Waals surface area contributed by atoms with Crippen molar-refractivity contribution in [3.63, 3.8) is 0 Å². The third-order valence-corrected chi connectivity index (χ3v) is 11.5. The molecule has 3 aliphatic rings. The van der Waals surface area contributed by atoms with E-state index in [9.17, 15) is 15.5 Å². The Labute approximate surface area is 328 Å². The van der Waals surface area contributed by atoms with Crippen LogP contribution in [0.4, 0.5) is 0 Å². The molecular formula is C41H42Cl2N6O6. The van der Waals surface area contributed by atoms with Gasteiger partial charge in [0.1, 0.15) is 35.6 Å². The van der Waals surface area contributed by atoms with Crippen molar-refractivity contribution in [3.8, 4) is 40.3 Å². The number of β-amino-alcohol motifs (C(OH)–C–C–N with tert-alkyl or cyclic N) is 2. The molecule has 55 heavy (non-hydrogen) atoms. The highest BCUT2D eigenvalue weighted by Gasteiger charge is 2.30. The third-order valence-electron chi connectivity index (χ3n) is 10.8. The maximum atomic E-state index is 10.1. The zero-order valence-electron chi connectivity index (χ0n) is 30.7. The minimum Gasteiger partial charge on any atom is -0.481 e. The first kappa shape index (κ1) is 37.3. The number of rotatable bonds is 11. The molecule has 0 saturated carbocycles. The molecule has 12 nitrogen and oxygen atoms in total. The Morgan fingerprint density at radius 3 is 2.42 bits per heavy atom. The number of hydrogen-bond donors (Lipinski definition) is 2. The van der Waals surface area contributed by atoms with Gasteiger partial charge < -0.3 is 33.5 Å². The van der Waals surface area contributed by atoms with Gasteiger partial charge in [0.05, 0.1) is 29.7 Å². The molecule has 5 heterocycles. The number of furan rings is 1. The second-order valence-electron chi connectivity index (χ2n) is 14.3. The quantitative estimate of drug-likeness (QED) is 0.146. The molecule has 0 unspecified atom stereocenters. The number of aliphatic hydroxyl groups excluding tert-OH is 2. The maximum Gasteiger partial charge on any atom is 0.236 e. The van der Waals surface area contributed by atoms with Gasteiger partial charge in [-0.15, -0.1) is 0 Å². The third kappa shape index (κ3) is 7.40. The Kier molecular flexibility index (Phi) is 10.8. The summed E-state index contributed by atoms with van der Waals surface area (Å²) in [7, 11) is 3.07. The van der Waals surface area contributed by atoms with Gasteiger partial charge in [0.15, 0.2) is 11.1 Å². The van der Waals surface area contributed by atoms with Gasteiger partial charge in [-0.2, -0.15) is 10.2 Å². The molecule has 286 valence electrons. The Morgan fingerprint density at radius 2 is 1.69 bits per heavy atom. The first-order valence-corrected chi connectivity index (χ1v) is 19.3. The van der Waals surface area contributed by atoms with E-state index in [4.69, 9.17) is 41.9 Å². The fourth-order valence-electron chi connectivity index (χ4n) is 8.14. The Hall–Kier alpha value is -4.61. The van der Waals surface area contributed by atoms with Gasteiger partial charge in [0.2, 0.25) is 11.8 Å². The van der Waals surface area contributed by atoms with Crippen LogP contribution in [0.5, 0.6) is 11.8 Å². The van der Waals surface area contributed by atoms with Crippen molar-refractivity contribution in [2.75, 3.05) is 46.9 Å². The van der Waals surface area contributed by atoms with E-state index in [2.05, 4.69) is 38.1 Å². The summed E-state index contributed by atoms with van der Waals surface area (Å²) in [6.45, 7) is 4.64. The van der Waals surface area contributed by atoms with Crippen LogP contribution in [-0.2, 0) is 24.3 Å². The van der Waals surface area contributed by atoms with Gasteiger partial charge in [-0.05, 0) is 60.6 Å². The predicted molar refractivity (Wildman–Crippen MR) is 208 cm³/mol. The van der Waals surface area contributed by atoms with Crippen LogP contribution >= 0.6 is 23.2 Å². The van der Waals surface area contributed by atoms with Crippen LogP contribution in [0.3, 0.4) is 0 Å². The summed E-state index contributed by atoms with van der Waals surface area (Å²) in [5.74, 6) is 1.26. The van der Waals surface area contributed by atoms with E-state index < -0.39 is 0 Å². The van der Waals surface area contributed by atoms with E-state index in [1.807, 2.05) is 41.0 Å². The number of aliphatic hydroxyl groups is 2. The molecule has 0 bridgehead atoms. The van der Waals surface area contributed by atoms with E-state index >= 15 is 0 Å². The lowest BCUT2D eigenvalue weighted by Gasteiger charge is -2.20. The summed E-state index contributed by atoms with van der Waals surface area (Å²) in [5.41, 5.74) is 6.80. The summed E-state index contributed by atoms with van der Waals surface area (Å²) < 4.78 is 20.4. The van der Waals surface area contributed by atoms with Crippen molar-refractivity contribution < 1.29 is 28.9 Å². The number of nitrogens with zero attached hydrogens (tertiary/aromatic N) is 6. The van der Waals surface area contributed by atoms with E-state index in [0.29, 0.717) is 87.9 Å². The first-order chi connectivity index (χ1) is 26.7. The summed E-state index contributed by atoms with van der Waals surface area (Å²) in [6.07, 6.45) is 3.78. The lowest BCUT2D eigenvalue weighted by Crippen LogP contribution is -2.31. The van der Waals surface area contributed by atoms with Crippen molar-refractivity contribution in [2.45, 2.75) is 57.1 Å². The van der Waals surface area contributed by atoms with E-state index in [1.54, 1.807) is 13.3 Å². The van der Waals surface area contributed by atoms with Crippen LogP contribution in [0, 0.1) is 11.3 Å². The highest BCUT2D eigenvalue weighted by molar-refractivity contribution is 6.36. The molecule has 0 amide bonds. The van der Waals surface area contributed by atoms with Crippen molar-refractivity contribution in [1.29, 1.82) is 5.26 Å². The zero-order valence-corrected chi connectivity index (χ0v) is 32.2. The highest BCUT2D eigenvalue weighted by Crippen LogP contribution is 2.45. The standard InChI is InChI=1S/C41H42Cl2N6O6/c1-52-40-24(20-48-14-12-27(51)23-48)17-34(42)41(45-40)55-35-10-9-29-28(5-3-6-30(29)35)31-7-4-8-32(37(31)43)36-18-33-38(54-36)25(19-44)21-49(39(33)46-53-2)16-15-47-13-11-26(50)22-47/h3-8,17-18,21,26-27,35,50-51H,9-16,20,22-23H2,1-2H3/b46-39-/t26-,27-,35+/m1/s1. The molecule has 0 spiro atoms. The van der Waals surface area contributed by atoms with Gasteiger partial charge in [-0.25, -0.2) is 0 Å². The number of nitriles is 1. The number of benzene rings is 2. The molecule has 2 fully saturated rings. The molecule has 0 radical (unpaired) electrons. The molecule has 1 aliphatic carbocycles. The smallest absolute Gasteiger partial charge is 0.236 e. The topological polar surface area (TPSA) is 142 Å². The van der Waals surface area contributed by atoms with Gasteiger partial charge in [0, 0.05) is 68.7 Å². The van der Waals surface area contributed by atoms with Gasteiger partial charge in [0.25, 0.3) is 0 Å². The van der Waals surface area contributed by atoms with Crippen LogP contribution in [-0.4, -0.2) is 88.7 Å². The average molecular weight is 786 g/mol. The number of aromatic nitrogens is 2. The van der Waals surface area contributed by atoms with Crippen molar-refractivity contribution in [1.82, 2.24) is 19.4 Å². The number of halogens is 2. The van der Waals surface area contributed by atoms with Crippen LogP contribution in [0.1, 0.15) is 47.6 Å².